The molecule has 0 spiro atoms. The Morgan fingerprint density at radius 2 is 1.97 bits per heavy atom. The van der Waals surface area contributed by atoms with Crippen LogP contribution in [0.25, 0.3) is 0 Å². The first-order valence-electron chi connectivity index (χ1n) is 10.3. The summed E-state index contributed by atoms with van der Waals surface area (Å²) < 4.78 is 10.5. The molecule has 0 radical (unpaired) electrons. The summed E-state index contributed by atoms with van der Waals surface area (Å²) >= 11 is 1.55. The molecular weight excluding hydrogens is 430 g/mol. The van der Waals surface area contributed by atoms with Crippen LogP contribution in [0.3, 0.4) is 0 Å². The number of nitrogens with one attached hydrogen (secondary N) is 1. The van der Waals surface area contributed by atoms with E-state index in [9.17, 15) is 14.4 Å². The summed E-state index contributed by atoms with van der Waals surface area (Å²) in [5.74, 6) is -0.0172. The first-order valence-corrected chi connectivity index (χ1v) is 11.4. The normalized spacial score (nSPS) is 24.2. The first kappa shape index (κ1) is 22.0. The standard InChI is InChI=1S/C23H25N3O5S/c1-30-23(29)20-15(10-14-6-5-7-16(24)11-14)13-32-22-19(21(28)26(20)22)25-18(27)12-31-17-8-3-2-4-9-17/h2-9,11,15,19-20,22H,10,12-13,24H2,1H3,(H,25,27)/t15?,19?,20?,22-/m1/s1. The number of anilines is 1. The van der Waals surface area contributed by atoms with Gasteiger partial charge in [-0.15, -0.1) is 11.8 Å². The number of para-hydroxylation sites is 1. The van der Waals surface area contributed by atoms with Gasteiger partial charge in [-0.3, -0.25) is 9.59 Å². The van der Waals surface area contributed by atoms with Crippen molar-refractivity contribution < 1.29 is 23.9 Å². The number of nitrogens with two attached hydrogens (primary N) is 1. The smallest absolute Gasteiger partial charge is 0.328 e. The number of benzene rings is 2. The van der Waals surface area contributed by atoms with Crippen LogP contribution in [-0.4, -0.2) is 59.6 Å². The molecular formula is C23H25N3O5S. The van der Waals surface area contributed by atoms with Gasteiger partial charge < -0.3 is 25.4 Å². The molecule has 4 rings (SSSR count). The molecule has 2 fully saturated rings. The fourth-order valence-electron chi connectivity index (χ4n) is 4.13. The van der Waals surface area contributed by atoms with Gasteiger partial charge in [0.25, 0.3) is 5.91 Å². The fraction of sp³-hybridized carbons (Fsp3) is 0.348. The van der Waals surface area contributed by atoms with E-state index in [1.807, 2.05) is 36.4 Å². The van der Waals surface area contributed by atoms with Crippen molar-refractivity contribution in [1.82, 2.24) is 10.2 Å². The van der Waals surface area contributed by atoms with Gasteiger partial charge in [0, 0.05) is 17.4 Å². The maximum absolute atomic E-state index is 12.9. The molecule has 0 saturated carbocycles. The molecule has 32 heavy (non-hydrogen) atoms. The molecule has 168 valence electrons. The molecule has 2 aromatic rings. The number of hydrogen-bond acceptors (Lipinski definition) is 7. The minimum Gasteiger partial charge on any atom is -0.484 e. The summed E-state index contributed by atoms with van der Waals surface area (Å²) in [5, 5.41) is 2.43. The lowest BCUT2D eigenvalue weighted by Crippen LogP contribution is -2.76. The van der Waals surface area contributed by atoms with Gasteiger partial charge in [-0.05, 0) is 36.2 Å². The Labute approximate surface area is 190 Å². The highest BCUT2D eigenvalue weighted by Gasteiger charge is 2.58. The molecule has 4 atom stereocenters. The summed E-state index contributed by atoms with van der Waals surface area (Å²) in [7, 11) is 1.32. The molecule has 2 heterocycles. The number of nitrogen functional groups attached to an aromatic ring is 1. The van der Waals surface area contributed by atoms with Gasteiger partial charge >= 0.3 is 5.97 Å². The molecule has 2 aliphatic heterocycles. The molecule has 2 amide bonds. The van der Waals surface area contributed by atoms with Crippen LogP contribution in [0.15, 0.2) is 54.6 Å². The number of esters is 1. The lowest BCUT2D eigenvalue weighted by atomic mass is 9.88. The number of ether oxygens (including phenoxy) is 2. The summed E-state index contributed by atoms with van der Waals surface area (Å²) in [6.07, 6.45) is 0.594. The molecule has 0 aliphatic carbocycles. The minimum absolute atomic E-state index is 0.118. The van der Waals surface area contributed by atoms with E-state index in [0.29, 0.717) is 23.6 Å². The number of methoxy groups -OCH3 is 1. The number of rotatable bonds is 7. The van der Waals surface area contributed by atoms with E-state index in [4.69, 9.17) is 15.2 Å². The monoisotopic (exact) mass is 455 g/mol. The van der Waals surface area contributed by atoms with Gasteiger partial charge in [-0.25, -0.2) is 4.79 Å². The predicted molar refractivity (Wildman–Crippen MR) is 121 cm³/mol. The van der Waals surface area contributed by atoms with Gasteiger partial charge in [-0.2, -0.15) is 0 Å². The Kier molecular flexibility index (Phi) is 6.55. The Hall–Kier alpha value is -3.20. The summed E-state index contributed by atoms with van der Waals surface area (Å²) in [4.78, 5) is 39.4. The van der Waals surface area contributed by atoms with Crippen molar-refractivity contribution >= 4 is 35.2 Å². The molecule has 2 saturated heterocycles. The average Bonchev–Trinajstić information content (AvgIpc) is 2.81. The van der Waals surface area contributed by atoms with Crippen molar-refractivity contribution in [3.8, 4) is 5.75 Å². The third kappa shape index (κ3) is 4.52. The number of thioether (sulfide) groups is 1. The highest BCUT2D eigenvalue weighted by molar-refractivity contribution is 8.00. The largest absolute Gasteiger partial charge is 0.484 e. The Morgan fingerprint density at radius 3 is 2.69 bits per heavy atom. The molecule has 8 nitrogen and oxygen atoms in total. The molecule has 0 bridgehead atoms. The van der Waals surface area contributed by atoms with E-state index in [1.165, 1.54) is 7.11 Å². The van der Waals surface area contributed by atoms with Crippen molar-refractivity contribution in [2.45, 2.75) is 23.9 Å². The summed E-state index contributed by atoms with van der Waals surface area (Å²) in [5.41, 5.74) is 7.53. The topological polar surface area (TPSA) is 111 Å². The molecule has 2 aromatic carbocycles. The van der Waals surface area contributed by atoms with Crippen LogP contribution >= 0.6 is 11.8 Å². The van der Waals surface area contributed by atoms with Gasteiger partial charge in [0.05, 0.1) is 7.11 Å². The van der Waals surface area contributed by atoms with E-state index < -0.39 is 18.1 Å². The van der Waals surface area contributed by atoms with Crippen molar-refractivity contribution in [3.63, 3.8) is 0 Å². The maximum atomic E-state index is 12.9. The number of carbonyl (C=O) groups is 3. The summed E-state index contributed by atoms with van der Waals surface area (Å²) in [6.45, 7) is -0.191. The molecule has 9 heteroatoms. The molecule has 2 aliphatic rings. The number of hydrogen-bond donors (Lipinski definition) is 2. The van der Waals surface area contributed by atoms with Crippen molar-refractivity contribution in [1.29, 1.82) is 0 Å². The molecule has 3 N–H and O–H groups in total. The van der Waals surface area contributed by atoms with Crippen LogP contribution in [0.5, 0.6) is 5.75 Å². The summed E-state index contributed by atoms with van der Waals surface area (Å²) in [6, 6.07) is 15.1. The molecule has 3 unspecified atom stereocenters. The second-order valence-corrected chi connectivity index (χ2v) is 8.94. The SMILES string of the molecule is COC(=O)C1C(Cc2cccc(N)c2)CS[C@@H]2C(NC(=O)COc3ccccc3)C(=O)N12. The van der Waals surface area contributed by atoms with E-state index in [-0.39, 0.29) is 29.7 Å². The van der Waals surface area contributed by atoms with E-state index >= 15 is 0 Å². The predicted octanol–water partition coefficient (Wildman–Crippen LogP) is 1.45. The second-order valence-electron chi connectivity index (χ2n) is 7.79. The fourth-order valence-corrected chi connectivity index (χ4v) is 5.65. The van der Waals surface area contributed by atoms with Crippen molar-refractivity contribution in [2.24, 2.45) is 5.92 Å². The average molecular weight is 456 g/mol. The zero-order valence-electron chi connectivity index (χ0n) is 17.6. The van der Waals surface area contributed by atoms with Crippen LogP contribution in [-0.2, 0) is 25.5 Å². The zero-order valence-corrected chi connectivity index (χ0v) is 18.4. The van der Waals surface area contributed by atoms with Crippen molar-refractivity contribution in [3.05, 3.63) is 60.2 Å². The quantitative estimate of drug-likeness (QED) is 0.369. The third-order valence-electron chi connectivity index (χ3n) is 5.63. The number of amides is 2. The molecule has 0 aromatic heterocycles. The van der Waals surface area contributed by atoms with Gasteiger partial charge in [-0.1, -0.05) is 30.3 Å². The van der Waals surface area contributed by atoms with E-state index in [0.717, 1.165) is 5.56 Å². The van der Waals surface area contributed by atoms with E-state index in [1.54, 1.807) is 34.9 Å². The van der Waals surface area contributed by atoms with Gasteiger partial charge in [0.2, 0.25) is 5.91 Å². The van der Waals surface area contributed by atoms with E-state index in [2.05, 4.69) is 5.32 Å². The van der Waals surface area contributed by atoms with Crippen LogP contribution in [0, 0.1) is 5.92 Å². The maximum Gasteiger partial charge on any atom is 0.328 e. The van der Waals surface area contributed by atoms with Gasteiger partial charge in [0.1, 0.15) is 23.2 Å². The highest BCUT2D eigenvalue weighted by Crippen LogP contribution is 2.42. The van der Waals surface area contributed by atoms with Crippen molar-refractivity contribution in [2.75, 3.05) is 25.2 Å². The van der Waals surface area contributed by atoms with Crippen LogP contribution in [0.1, 0.15) is 5.56 Å². The highest BCUT2D eigenvalue weighted by atomic mass is 32.2. The number of β-lactam (4-membered cyclic amide) rings is 1. The van der Waals surface area contributed by atoms with Crippen LogP contribution in [0.2, 0.25) is 0 Å². The number of nitrogens with zero attached hydrogens (tertiary/aromatic N) is 1. The Bertz CT molecular complexity index is 1000. The van der Waals surface area contributed by atoms with Crippen LogP contribution < -0.4 is 15.8 Å². The lowest BCUT2D eigenvalue weighted by Gasteiger charge is -2.54. The first-order chi connectivity index (χ1) is 15.5. The minimum atomic E-state index is -0.700. The third-order valence-corrected chi connectivity index (χ3v) is 7.09. The lowest BCUT2D eigenvalue weighted by molar-refractivity contribution is -0.167. The number of fused-ring (bicyclic) bond motifs is 1. The number of carbonyl (C=O) groups excluding carboxylic acids is 3. The second kappa shape index (κ2) is 9.52. The van der Waals surface area contributed by atoms with Crippen LogP contribution in [0.4, 0.5) is 5.69 Å². The van der Waals surface area contributed by atoms with Gasteiger partial charge in [0.15, 0.2) is 6.61 Å². The Balaban J connectivity index is 1.40. The Morgan fingerprint density at radius 1 is 1.19 bits per heavy atom. The zero-order chi connectivity index (χ0) is 22.7.